The van der Waals surface area contributed by atoms with Gasteiger partial charge in [-0.05, 0) is 31.4 Å². The van der Waals surface area contributed by atoms with Crippen LogP contribution in [0.3, 0.4) is 0 Å². The average Bonchev–Trinajstić information content (AvgIpc) is 2.74. The van der Waals surface area contributed by atoms with Crippen molar-refractivity contribution in [3.05, 3.63) is 23.3 Å². The van der Waals surface area contributed by atoms with Gasteiger partial charge in [0.05, 0.1) is 7.11 Å². The molecular weight excluding hydrogens is 248 g/mol. The predicted octanol–water partition coefficient (Wildman–Crippen LogP) is 2.82. The predicted molar refractivity (Wildman–Crippen MR) is 81.7 cm³/mol. The van der Waals surface area contributed by atoms with Crippen molar-refractivity contribution >= 4 is 5.69 Å². The lowest BCUT2D eigenvalue weighted by atomic mass is 9.71. The third-order valence-corrected chi connectivity index (χ3v) is 6.22. The Kier molecular flexibility index (Phi) is 2.45. The molecule has 1 aromatic rings. The third-order valence-electron chi connectivity index (χ3n) is 6.22. The Labute approximate surface area is 121 Å². The van der Waals surface area contributed by atoms with Gasteiger partial charge in [-0.3, -0.25) is 0 Å². The SMILES string of the molecule is COc1ccc2c3c1[C@@]1(C)CCC[C@@]1(C)N3CCNC2. The van der Waals surface area contributed by atoms with E-state index in [2.05, 4.69) is 36.2 Å². The van der Waals surface area contributed by atoms with E-state index in [1.54, 1.807) is 0 Å². The second-order valence-corrected chi connectivity index (χ2v) is 6.94. The van der Waals surface area contributed by atoms with E-state index in [9.17, 15) is 0 Å². The van der Waals surface area contributed by atoms with Crippen molar-refractivity contribution < 1.29 is 4.74 Å². The molecule has 2 atom stereocenters. The molecule has 0 unspecified atom stereocenters. The van der Waals surface area contributed by atoms with Crippen LogP contribution in [0.2, 0.25) is 0 Å². The Hall–Kier alpha value is -1.22. The monoisotopic (exact) mass is 272 g/mol. The number of fused-ring (bicyclic) bond motifs is 3. The van der Waals surface area contributed by atoms with Crippen LogP contribution >= 0.6 is 0 Å². The van der Waals surface area contributed by atoms with Gasteiger partial charge in [-0.2, -0.15) is 0 Å². The van der Waals surface area contributed by atoms with E-state index < -0.39 is 0 Å². The van der Waals surface area contributed by atoms with Crippen molar-refractivity contribution in [3.63, 3.8) is 0 Å². The molecule has 1 N–H and O–H groups in total. The van der Waals surface area contributed by atoms with Crippen LogP contribution in [0.15, 0.2) is 12.1 Å². The molecular formula is C17H24N2O. The molecule has 3 heteroatoms. The Morgan fingerprint density at radius 2 is 2.10 bits per heavy atom. The molecule has 3 aliphatic rings. The highest BCUT2D eigenvalue weighted by Gasteiger charge is 2.60. The summed E-state index contributed by atoms with van der Waals surface area (Å²) < 4.78 is 5.74. The molecule has 2 heterocycles. The fraction of sp³-hybridized carbons (Fsp3) is 0.647. The van der Waals surface area contributed by atoms with Gasteiger partial charge in [0.2, 0.25) is 0 Å². The van der Waals surface area contributed by atoms with Crippen LogP contribution in [0.4, 0.5) is 5.69 Å². The molecule has 108 valence electrons. The van der Waals surface area contributed by atoms with Gasteiger partial charge in [-0.1, -0.05) is 19.4 Å². The van der Waals surface area contributed by atoms with Gasteiger partial charge in [-0.25, -0.2) is 0 Å². The van der Waals surface area contributed by atoms with E-state index >= 15 is 0 Å². The summed E-state index contributed by atoms with van der Waals surface area (Å²) in [7, 11) is 1.81. The van der Waals surface area contributed by atoms with E-state index in [1.165, 1.54) is 36.1 Å². The molecule has 2 aliphatic heterocycles. The first kappa shape index (κ1) is 12.5. The minimum absolute atomic E-state index is 0.237. The third kappa shape index (κ3) is 1.25. The molecule has 20 heavy (non-hydrogen) atoms. The zero-order valence-electron chi connectivity index (χ0n) is 12.8. The van der Waals surface area contributed by atoms with Crippen molar-refractivity contribution in [2.24, 2.45) is 0 Å². The van der Waals surface area contributed by atoms with Crippen LogP contribution in [0.5, 0.6) is 5.75 Å². The quantitative estimate of drug-likeness (QED) is 0.851. The number of hydrogen-bond donors (Lipinski definition) is 1. The smallest absolute Gasteiger partial charge is 0.124 e. The van der Waals surface area contributed by atoms with Crippen LogP contribution in [-0.4, -0.2) is 25.7 Å². The van der Waals surface area contributed by atoms with E-state index in [0.29, 0.717) is 0 Å². The summed E-state index contributed by atoms with van der Waals surface area (Å²) in [6.07, 6.45) is 3.89. The lowest BCUT2D eigenvalue weighted by Crippen LogP contribution is -2.52. The highest BCUT2D eigenvalue weighted by atomic mass is 16.5. The van der Waals surface area contributed by atoms with Crippen LogP contribution in [0.25, 0.3) is 0 Å². The second kappa shape index (κ2) is 3.91. The molecule has 1 aliphatic carbocycles. The number of anilines is 1. The first-order valence-electron chi connectivity index (χ1n) is 7.80. The average molecular weight is 272 g/mol. The number of rotatable bonds is 1. The van der Waals surface area contributed by atoms with Crippen molar-refractivity contribution in [1.29, 1.82) is 0 Å². The van der Waals surface area contributed by atoms with Gasteiger partial charge in [0, 0.05) is 41.8 Å². The fourth-order valence-corrected chi connectivity index (χ4v) is 4.95. The maximum atomic E-state index is 5.74. The van der Waals surface area contributed by atoms with Crippen LogP contribution in [-0.2, 0) is 12.0 Å². The lowest BCUT2D eigenvalue weighted by molar-refractivity contribution is 0.301. The molecule has 1 aromatic carbocycles. The molecule has 0 saturated heterocycles. The summed E-state index contributed by atoms with van der Waals surface area (Å²) in [4.78, 5) is 2.69. The minimum atomic E-state index is 0.237. The summed E-state index contributed by atoms with van der Waals surface area (Å²) >= 11 is 0. The Bertz CT molecular complexity index is 570. The van der Waals surface area contributed by atoms with Gasteiger partial charge in [0.25, 0.3) is 0 Å². The van der Waals surface area contributed by atoms with E-state index in [4.69, 9.17) is 4.74 Å². The molecule has 1 fully saturated rings. The molecule has 0 amide bonds. The molecule has 0 bridgehead atoms. The summed E-state index contributed by atoms with van der Waals surface area (Å²) in [5.41, 5.74) is 4.88. The Morgan fingerprint density at radius 1 is 1.25 bits per heavy atom. The number of hydrogen-bond acceptors (Lipinski definition) is 3. The number of benzene rings is 1. The zero-order chi connectivity index (χ0) is 14.0. The number of methoxy groups -OCH3 is 1. The van der Waals surface area contributed by atoms with Crippen molar-refractivity contribution in [3.8, 4) is 5.75 Å². The normalized spacial score (nSPS) is 34.6. The van der Waals surface area contributed by atoms with E-state index in [0.717, 1.165) is 25.4 Å². The first-order valence-corrected chi connectivity index (χ1v) is 7.80. The fourth-order valence-electron chi connectivity index (χ4n) is 4.95. The first-order chi connectivity index (χ1) is 9.62. The van der Waals surface area contributed by atoms with Crippen molar-refractivity contribution in [2.75, 3.05) is 25.1 Å². The van der Waals surface area contributed by atoms with Crippen LogP contribution in [0.1, 0.15) is 44.2 Å². The number of ether oxygens (including phenoxy) is 1. The van der Waals surface area contributed by atoms with E-state index in [-0.39, 0.29) is 11.0 Å². The number of nitrogens with zero attached hydrogens (tertiary/aromatic N) is 1. The summed E-state index contributed by atoms with van der Waals surface area (Å²) in [6, 6.07) is 4.42. The van der Waals surface area contributed by atoms with Crippen LogP contribution in [0, 0.1) is 0 Å². The Morgan fingerprint density at radius 3 is 2.90 bits per heavy atom. The van der Waals surface area contributed by atoms with Gasteiger partial charge < -0.3 is 15.0 Å². The topological polar surface area (TPSA) is 24.5 Å². The zero-order valence-corrected chi connectivity index (χ0v) is 12.8. The summed E-state index contributed by atoms with van der Waals surface area (Å²) in [6.45, 7) is 8.09. The maximum Gasteiger partial charge on any atom is 0.124 e. The van der Waals surface area contributed by atoms with Gasteiger partial charge in [0.15, 0.2) is 0 Å². The van der Waals surface area contributed by atoms with Crippen molar-refractivity contribution in [1.82, 2.24) is 5.32 Å². The molecule has 0 radical (unpaired) electrons. The van der Waals surface area contributed by atoms with Crippen LogP contribution < -0.4 is 15.0 Å². The minimum Gasteiger partial charge on any atom is -0.496 e. The Balaban J connectivity index is 2.04. The number of nitrogens with one attached hydrogen (secondary N) is 1. The maximum absolute atomic E-state index is 5.74. The molecule has 0 spiro atoms. The van der Waals surface area contributed by atoms with E-state index in [1.807, 2.05) is 7.11 Å². The largest absolute Gasteiger partial charge is 0.496 e. The summed E-state index contributed by atoms with van der Waals surface area (Å²) in [5, 5.41) is 3.56. The molecule has 1 saturated carbocycles. The van der Waals surface area contributed by atoms with Gasteiger partial charge >= 0.3 is 0 Å². The summed E-state index contributed by atoms with van der Waals surface area (Å²) in [5.74, 6) is 1.09. The lowest BCUT2D eigenvalue weighted by Gasteiger charge is -2.42. The highest BCUT2D eigenvalue weighted by Crippen LogP contribution is 2.63. The molecule has 0 aromatic heterocycles. The molecule has 4 rings (SSSR count). The molecule has 3 nitrogen and oxygen atoms in total. The second-order valence-electron chi connectivity index (χ2n) is 6.94. The standard InChI is InChI=1S/C17H24N2O/c1-16-7-4-8-17(16,2)19-10-9-18-11-12-5-6-13(20-3)14(16)15(12)19/h5-6,18H,4,7-11H2,1-3H3/t16-,17-/m1/s1. The van der Waals surface area contributed by atoms with Gasteiger partial charge in [0.1, 0.15) is 5.75 Å². The highest BCUT2D eigenvalue weighted by molar-refractivity contribution is 5.75. The van der Waals surface area contributed by atoms with Gasteiger partial charge in [-0.15, -0.1) is 0 Å². The van der Waals surface area contributed by atoms with Crippen molar-refractivity contribution in [2.45, 2.75) is 50.6 Å².